The third kappa shape index (κ3) is 2.60. The van der Waals surface area contributed by atoms with Crippen LogP contribution in [0.15, 0.2) is 24.3 Å². The second kappa shape index (κ2) is 4.93. The number of halogens is 1. The van der Waals surface area contributed by atoms with Gasteiger partial charge >= 0.3 is 0 Å². The number of hydrogen-bond acceptors (Lipinski definition) is 2. The largest absolute Gasteiger partial charge is 0.381 e. The van der Waals surface area contributed by atoms with E-state index in [1.807, 2.05) is 12.1 Å². The molecule has 0 radical (unpaired) electrons. The van der Waals surface area contributed by atoms with Crippen molar-refractivity contribution >= 4 is 0 Å². The first-order valence-corrected chi connectivity index (χ1v) is 5.73. The fraction of sp³-hybridized carbons (Fsp3) is 0.538. The van der Waals surface area contributed by atoms with Crippen LogP contribution in [0.3, 0.4) is 0 Å². The quantitative estimate of drug-likeness (QED) is 0.847. The van der Waals surface area contributed by atoms with E-state index in [9.17, 15) is 4.39 Å². The van der Waals surface area contributed by atoms with Crippen molar-refractivity contribution in [3.8, 4) is 0 Å². The number of benzene rings is 1. The highest BCUT2D eigenvalue weighted by molar-refractivity contribution is 5.19. The SMILES string of the molecule is COC1CC(N[C@H](C)c2ccc(F)cc2)C1. The van der Waals surface area contributed by atoms with E-state index in [4.69, 9.17) is 4.74 Å². The molecule has 1 atom stereocenters. The van der Waals surface area contributed by atoms with Crippen molar-refractivity contribution in [2.45, 2.75) is 38.0 Å². The molecule has 1 aliphatic rings. The van der Waals surface area contributed by atoms with E-state index >= 15 is 0 Å². The molecule has 0 saturated heterocycles. The molecule has 1 aliphatic carbocycles. The van der Waals surface area contributed by atoms with Crippen LogP contribution in [0.4, 0.5) is 4.39 Å². The third-order valence-corrected chi connectivity index (χ3v) is 3.28. The number of methoxy groups -OCH3 is 1. The molecule has 1 N–H and O–H groups in total. The maximum atomic E-state index is 12.8. The van der Waals surface area contributed by atoms with Crippen molar-refractivity contribution in [3.63, 3.8) is 0 Å². The van der Waals surface area contributed by atoms with Gasteiger partial charge in [-0.25, -0.2) is 4.39 Å². The van der Waals surface area contributed by atoms with Gasteiger partial charge in [0.2, 0.25) is 0 Å². The van der Waals surface area contributed by atoms with Gasteiger partial charge in [-0.3, -0.25) is 0 Å². The van der Waals surface area contributed by atoms with Crippen molar-refractivity contribution in [3.05, 3.63) is 35.6 Å². The van der Waals surface area contributed by atoms with Crippen molar-refractivity contribution < 1.29 is 9.13 Å². The van der Waals surface area contributed by atoms with Crippen LogP contribution < -0.4 is 5.32 Å². The van der Waals surface area contributed by atoms with E-state index in [0.29, 0.717) is 12.1 Å². The van der Waals surface area contributed by atoms with E-state index in [-0.39, 0.29) is 11.9 Å². The highest BCUT2D eigenvalue weighted by Gasteiger charge is 2.29. The van der Waals surface area contributed by atoms with Crippen molar-refractivity contribution in [2.75, 3.05) is 7.11 Å². The first-order valence-electron chi connectivity index (χ1n) is 5.73. The summed E-state index contributed by atoms with van der Waals surface area (Å²) in [4.78, 5) is 0. The average molecular weight is 223 g/mol. The Bertz CT molecular complexity index is 332. The Kier molecular flexibility index (Phi) is 3.56. The van der Waals surface area contributed by atoms with Crippen LogP contribution in [0.5, 0.6) is 0 Å². The molecular weight excluding hydrogens is 205 g/mol. The van der Waals surface area contributed by atoms with Crippen molar-refractivity contribution in [1.29, 1.82) is 0 Å². The van der Waals surface area contributed by atoms with Crippen LogP contribution in [0, 0.1) is 5.82 Å². The second-order valence-corrected chi connectivity index (χ2v) is 4.47. The lowest BCUT2D eigenvalue weighted by atomic mass is 9.88. The molecule has 0 amide bonds. The van der Waals surface area contributed by atoms with Gasteiger partial charge in [0.05, 0.1) is 6.10 Å². The molecule has 0 unspecified atom stereocenters. The van der Waals surface area contributed by atoms with Gasteiger partial charge in [0.25, 0.3) is 0 Å². The zero-order valence-corrected chi connectivity index (χ0v) is 9.74. The predicted octanol–water partition coefficient (Wildman–Crippen LogP) is 2.65. The Hall–Kier alpha value is -0.930. The summed E-state index contributed by atoms with van der Waals surface area (Å²) in [6.45, 7) is 2.10. The molecule has 0 aliphatic heterocycles. The van der Waals surface area contributed by atoms with Gasteiger partial charge in [0.1, 0.15) is 5.82 Å². The molecule has 16 heavy (non-hydrogen) atoms. The van der Waals surface area contributed by atoms with Gasteiger partial charge in [-0.05, 0) is 37.5 Å². The molecule has 2 rings (SSSR count). The van der Waals surface area contributed by atoms with Gasteiger partial charge in [0, 0.05) is 19.2 Å². The summed E-state index contributed by atoms with van der Waals surface area (Å²) in [6, 6.07) is 7.48. The fourth-order valence-electron chi connectivity index (χ4n) is 2.10. The number of ether oxygens (including phenoxy) is 1. The monoisotopic (exact) mass is 223 g/mol. The Labute approximate surface area is 95.8 Å². The van der Waals surface area contributed by atoms with Crippen molar-refractivity contribution in [2.24, 2.45) is 0 Å². The van der Waals surface area contributed by atoms with Crippen LogP contribution in [0.2, 0.25) is 0 Å². The smallest absolute Gasteiger partial charge is 0.123 e. The minimum Gasteiger partial charge on any atom is -0.381 e. The molecule has 0 aromatic heterocycles. The minimum absolute atomic E-state index is 0.181. The van der Waals surface area contributed by atoms with Gasteiger partial charge in [-0.2, -0.15) is 0 Å². The lowest BCUT2D eigenvalue weighted by molar-refractivity contribution is 0.0147. The highest BCUT2D eigenvalue weighted by Crippen LogP contribution is 2.25. The Morgan fingerprint density at radius 1 is 1.31 bits per heavy atom. The predicted molar refractivity (Wildman–Crippen MR) is 61.8 cm³/mol. The van der Waals surface area contributed by atoms with Crippen molar-refractivity contribution in [1.82, 2.24) is 5.32 Å². The normalized spacial score (nSPS) is 26.2. The zero-order chi connectivity index (χ0) is 11.5. The molecule has 1 saturated carbocycles. The summed E-state index contributed by atoms with van der Waals surface area (Å²) in [5, 5.41) is 3.51. The maximum absolute atomic E-state index is 12.8. The maximum Gasteiger partial charge on any atom is 0.123 e. The third-order valence-electron chi connectivity index (χ3n) is 3.28. The average Bonchev–Trinajstić information content (AvgIpc) is 2.23. The molecule has 0 bridgehead atoms. The van der Waals surface area contributed by atoms with E-state index < -0.39 is 0 Å². The molecule has 3 heteroatoms. The van der Waals surface area contributed by atoms with E-state index in [2.05, 4.69) is 12.2 Å². The molecular formula is C13H18FNO. The van der Waals surface area contributed by atoms with Crippen LogP contribution >= 0.6 is 0 Å². The van der Waals surface area contributed by atoms with E-state index in [1.54, 1.807) is 7.11 Å². The fourth-order valence-corrected chi connectivity index (χ4v) is 2.10. The molecule has 0 spiro atoms. The van der Waals surface area contributed by atoms with Gasteiger partial charge in [0.15, 0.2) is 0 Å². The van der Waals surface area contributed by atoms with Crippen LogP contribution in [0.25, 0.3) is 0 Å². The highest BCUT2D eigenvalue weighted by atomic mass is 19.1. The Balaban J connectivity index is 1.84. The summed E-state index contributed by atoms with van der Waals surface area (Å²) >= 11 is 0. The van der Waals surface area contributed by atoms with Gasteiger partial charge in [-0.1, -0.05) is 12.1 Å². The first-order chi connectivity index (χ1) is 7.69. The lowest BCUT2D eigenvalue weighted by Gasteiger charge is -2.36. The standard InChI is InChI=1S/C13H18FNO/c1-9(10-3-5-11(14)6-4-10)15-12-7-13(8-12)16-2/h3-6,9,12-13,15H,7-8H2,1-2H3/t9-,12?,13?/m1/s1. The van der Waals surface area contributed by atoms with E-state index in [0.717, 1.165) is 18.4 Å². The summed E-state index contributed by atoms with van der Waals surface area (Å²) in [5.74, 6) is -0.181. The Morgan fingerprint density at radius 3 is 2.50 bits per heavy atom. The first kappa shape index (κ1) is 11.6. The summed E-state index contributed by atoms with van der Waals surface area (Å²) in [6.07, 6.45) is 2.56. The molecule has 1 aromatic carbocycles. The zero-order valence-electron chi connectivity index (χ0n) is 9.74. The molecule has 1 aromatic rings. The summed E-state index contributed by atoms with van der Waals surface area (Å²) < 4.78 is 18.0. The topological polar surface area (TPSA) is 21.3 Å². The van der Waals surface area contributed by atoms with Gasteiger partial charge in [-0.15, -0.1) is 0 Å². The van der Waals surface area contributed by atoms with Crippen LogP contribution in [-0.2, 0) is 4.74 Å². The molecule has 0 heterocycles. The summed E-state index contributed by atoms with van der Waals surface area (Å²) in [7, 11) is 1.75. The van der Waals surface area contributed by atoms with Gasteiger partial charge < -0.3 is 10.1 Å². The minimum atomic E-state index is -0.181. The van der Waals surface area contributed by atoms with Crippen LogP contribution in [-0.4, -0.2) is 19.3 Å². The number of nitrogens with one attached hydrogen (secondary N) is 1. The summed E-state index contributed by atoms with van der Waals surface area (Å²) in [5.41, 5.74) is 1.13. The second-order valence-electron chi connectivity index (χ2n) is 4.47. The Morgan fingerprint density at radius 2 is 1.94 bits per heavy atom. The van der Waals surface area contributed by atoms with Crippen LogP contribution in [0.1, 0.15) is 31.4 Å². The lowest BCUT2D eigenvalue weighted by Crippen LogP contribution is -2.45. The number of hydrogen-bond donors (Lipinski definition) is 1. The molecule has 88 valence electrons. The molecule has 1 fully saturated rings. The van der Waals surface area contributed by atoms with E-state index in [1.165, 1.54) is 12.1 Å². The molecule has 2 nitrogen and oxygen atoms in total. The number of rotatable bonds is 4.